The Kier molecular flexibility index (Phi) is 4.23. The third kappa shape index (κ3) is 3.45. The van der Waals surface area contributed by atoms with Crippen LogP contribution in [0.2, 0.25) is 0 Å². The summed E-state index contributed by atoms with van der Waals surface area (Å²) >= 11 is 5.18. The maximum absolute atomic E-state index is 13.0. The molecular formula is C9H7BClF4O-. The van der Waals surface area contributed by atoms with Crippen LogP contribution in [0.4, 0.5) is 17.3 Å². The van der Waals surface area contributed by atoms with Crippen LogP contribution in [0.15, 0.2) is 29.8 Å². The summed E-state index contributed by atoms with van der Waals surface area (Å²) < 4.78 is 54.8. The molecule has 1 rings (SSSR count). The van der Waals surface area contributed by atoms with E-state index in [1.54, 1.807) is 0 Å². The molecule has 1 aromatic rings. The van der Waals surface area contributed by atoms with E-state index >= 15 is 0 Å². The lowest BCUT2D eigenvalue weighted by Crippen LogP contribution is -2.34. The van der Waals surface area contributed by atoms with Crippen LogP contribution in [0, 0.1) is 5.82 Å². The Morgan fingerprint density at radius 3 is 2.56 bits per heavy atom. The van der Waals surface area contributed by atoms with Gasteiger partial charge in [-0.2, -0.15) is 0 Å². The lowest BCUT2D eigenvalue weighted by atomic mass is 9.80. The fourth-order valence-electron chi connectivity index (χ4n) is 1.01. The van der Waals surface area contributed by atoms with Gasteiger partial charge in [0.2, 0.25) is 0 Å². The van der Waals surface area contributed by atoms with Crippen LogP contribution >= 0.6 is 11.6 Å². The molecule has 0 aromatic heterocycles. The van der Waals surface area contributed by atoms with Crippen molar-refractivity contribution < 1.29 is 22.1 Å². The van der Waals surface area contributed by atoms with Crippen LogP contribution in [0.1, 0.15) is 0 Å². The van der Waals surface area contributed by atoms with Gasteiger partial charge in [0.05, 0.1) is 0 Å². The molecule has 0 aliphatic heterocycles. The largest absolute Gasteiger partial charge is 0.509 e. The number of halogens is 5. The molecule has 0 saturated heterocycles. The molecule has 0 amide bonds. The van der Waals surface area contributed by atoms with E-state index in [9.17, 15) is 17.3 Å². The second kappa shape index (κ2) is 5.25. The molecular weight excluding hydrogens is 246 g/mol. The summed E-state index contributed by atoms with van der Waals surface area (Å²) in [5.41, 5.74) is 0.237. The minimum absolute atomic E-state index is 0.0886. The quantitative estimate of drug-likeness (QED) is 0.592. The summed E-state index contributed by atoms with van der Waals surface area (Å²) in [4.78, 5) is 0. The average molecular weight is 253 g/mol. The predicted molar refractivity (Wildman–Crippen MR) is 55.6 cm³/mol. The minimum atomic E-state index is -5.15. The first-order chi connectivity index (χ1) is 7.45. The lowest BCUT2D eigenvalue weighted by Gasteiger charge is -2.16. The van der Waals surface area contributed by atoms with Gasteiger partial charge >= 0.3 is 6.98 Å². The molecule has 0 atom stereocenters. The Hall–Kier alpha value is -1.17. The molecule has 0 aliphatic rings. The van der Waals surface area contributed by atoms with Gasteiger partial charge in [-0.05, 0) is 18.2 Å². The number of ether oxygens (including phenoxy) is 1. The monoisotopic (exact) mass is 253 g/mol. The summed E-state index contributed by atoms with van der Waals surface area (Å²) in [6.07, 6.45) is 1.34. The number of hydrogen-bond donors (Lipinski definition) is 0. The zero-order valence-corrected chi connectivity index (χ0v) is 8.73. The maximum atomic E-state index is 13.0. The first-order valence-corrected chi connectivity index (χ1v) is 4.76. The highest BCUT2D eigenvalue weighted by Crippen LogP contribution is 2.18. The third-order valence-corrected chi connectivity index (χ3v) is 1.94. The molecule has 0 unspecified atom stereocenters. The van der Waals surface area contributed by atoms with E-state index in [0.29, 0.717) is 12.1 Å². The Labute approximate surface area is 94.7 Å². The highest BCUT2D eigenvalue weighted by molar-refractivity contribution is 6.73. The Balaban J connectivity index is 2.91. The fourth-order valence-corrected chi connectivity index (χ4v) is 1.08. The van der Waals surface area contributed by atoms with Crippen LogP contribution in [0.3, 0.4) is 0 Å². The van der Waals surface area contributed by atoms with E-state index in [4.69, 9.17) is 16.3 Å². The molecule has 0 N–H and O–H groups in total. The van der Waals surface area contributed by atoms with Gasteiger partial charge < -0.3 is 17.7 Å². The van der Waals surface area contributed by atoms with Crippen molar-refractivity contribution >= 4 is 24.0 Å². The van der Waals surface area contributed by atoms with Gasteiger partial charge in [0.15, 0.2) is 11.6 Å². The van der Waals surface area contributed by atoms with Gasteiger partial charge in [0.1, 0.15) is 6.61 Å². The van der Waals surface area contributed by atoms with Gasteiger partial charge in [0, 0.05) is 5.54 Å². The van der Waals surface area contributed by atoms with E-state index in [1.807, 2.05) is 0 Å². The smallest absolute Gasteiger partial charge is 0.487 e. The van der Waals surface area contributed by atoms with Gasteiger partial charge in [0.25, 0.3) is 0 Å². The van der Waals surface area contributed by atoms with Gasteiger partial charge in [-0.1, -0.05) is 17.7 Å². The molecule has 0 fully saturated rings. The van der Waals surface area contributed by atoms with Gasteiger partial charge in [-0.3, -0.25) is 0 Å². The molecule has 0 bridgehead atoms. The number of hydrogen-bond acceptors (Lipinski definition) is 1. The highest BCUT2D eigenvalue weighted by atomic mass is 35.5. The summed E-state index contributed by atoms with van der Waals surface area (Å²) in [6, 6.07) is 2.04. The van der Waals surface area contributed by atoms with Crippen molar-refractivity contribution in [2.75, 3.05) is 6.61 Å². The van der Waals surface area contributed by atoms with Crippen LogP contribution in [-0.2, 0) is 0 Å². The number of rotatable bonds is 4. The molecule has 0 radical (unpaired) electrons. The predicted octanol–water partition coefficient (Wildman–Crippen LogP) is 3.01. The van der Waals surface area contributed by atoms with Crippen molar-refractivity contribution in [3.63, 3.8) is 0 Å². The van der Waals surface area contributed by atoms with E-state index in [0.717, 1.165) is 11.6 Å². The molecule has 88 valence electrons. The van der Waals surface area contributed by atoms with Crippen molar-refractivity contribution in [3.8, 4) is 5.75 Å². The topological polar surface area (TPSA) is 9.23 Å². The maximum Gasteiger partial charge on any atom is 0.509 e. The highest BCUT2D eigenvalue weighted by Gasteiger charge is 2.26. The zero-order chi connectivity index (χ0) is 12.2. The van der Waals surface area contributed by atoms with Crippen molar-refractivity contribution in [2.45, 2.75) is 0 Å². The normalized spacial score (nSPS) is 12.1. The Morgan fingerprint density at radius 2 is 2.00 bits per heavy atom. The molecule has 16 heavy (non-hydrogen) atoms. The van der Waals surface area contributed by atoms with Crippen molar-refractivity contribution in [1.82, 2.24) is 0 Å². The third-order valence-electron chi connectivity index (χ3n) is 1.76. The Morgan fingerprint density at radius 1 is 1.31 bits per heavy atom. The van der Waals surface area contributed by atoms with E-state index in [-0.39, 0.29) is 6.61 Å². The molecule has 0 aliphatic carbocycles. The Bertz CT molecular complexity index is 392. The molecule has 1 nitrogen and oxygen atoms in total. The van der Waals surface area contributed by atoms with E-state index in [1.165, 1.54) is 6.08 Å². The fraction of sp³-hybridized carbons (Fsp3) is 0.111. The molecule has 7 heteroatoms. The van der Waals surface area contributed by atoms with E-state index < -0.39 is 24.0 Å². The zero-order valence-electron chi connectivity index (χ0n) is 7.97. The SMILES string of the molecule is Fc1ccc([B-](F)(F)F)cc1OC/C=C/Cl. The molecule has 0 heterocycles. The summed E-state index contributed by atoms with van der Waals surface area (Å²) in [5.74, 6) is -1.28. The standard InChI is InChI=1S/C9H7BClF4O/c11-4-1-5-16-9-6-7(10(13,14)15)2-3-8(9)12/h1-4,6H,5H2/q-1/b4-1+. The molecule has 0 spiro atoms. The van der Waals surface area contributed by atoms with Crippen LogP contribution in [0.5, 0.6) is 5.75 Å². The summed E-state index contributed by atoms with van der Waals surface area (Å²) in [7, 11) is 0. The van der Waals surface area contributed by atoms with Crippen molar-refractivity contribution in [1.29, 1.82) is 0 Å². The lowest BCUT2D eigenvalue weighted by molar-refractivity contribution is 0.342. The first-order valence-electron chi connectivity index (χ1n) is 4.32. The average Bonchev–Trinajstić information content (AvgIpc) is 2.19. The van der Waals surface area contributed by atoms with E-state index in [2.05, 4.69) is 0 Å². The van der Waals surface area contributed by atoms with Crippen molar-refractivity contribution in [2.24, 2.45) is 0 Å². The van der Waals surface area contributed by atoms with Gasteiger partial charge in [-0.25, -0.2) is 4.39 Å². The van der Waals surface area contributed by atoms with Gasteiger partial charge in [-0.15, -0.1) is 5.46 Å². The minimum Gasteiger partial charge on any atom is -0.487 e. The summed E-state index contributed by atoms with van der Waals surface area (Å²) in [6.45, 7) is -5.24. The second-order valence-electron chi connectivity index (χ2n) is 2.94. The van der Waals surface area contributed by atoms with Crippen LogP contribution in [-0.4, -0.2) is 13.6 Å². The summed E-state index contributed by atoms with van der Waals surface area (Å²) in [5, 5.41) is 0. The molecule has 1 aromatic carbocycles. The second-order valence-corrected chi connectivity index (χ2v) is 3.19. The van der Waals surface area contributed by atoms with Crippen molar-refractivity contribution in [3.05, 3.63) is 35.6 Å². The van der Waals surface area contributed by atoms with Crippen LogP contribution in [0.25, 0.3) is 0 Å². The van der Waals surface area contributed by atoms with Crippen LogP contribution < -0.4 is 10.2 Å². The number of benzene rings is 1. The first kappa shape index (κ1) is 12.9. The molecule has 0 saturated carbocycles.